The predicted octanol–water partition coefficient (Wildman–Crippen LogP) is 4.77. The summed E-state index contributed by atoms with van der Waals surface area (Å²) in [5.74, 6) is 0.405. The number of aromatic carboxylic acids is 1. The Hall–Kier alpha value is -1.81. The molecule has 0 saturated heterocycles. The molecule has 0 bridgehead atoms. The Balaban J connectivity index is 2.14. The first-order chi connectivity index (χ1) is 9.86. The molecule has 4 heteroatoms. The third-order valence-electron chi connectivity index (χ3n) is 3.37. The van der Waals surface area contributed by atoms with Crippen molar-refractivity contribution in [1.82, 2.24) is 0 Å². The van der Waals surface area contributed by atoms with Crippen LogP contribution in [0.15, 0.2) is 24.3 Å². The molecule has 0 spiro atoms. The van der Waals surface area contributed by atoms with Gasteiger partial charge in [-0.1, -0.05) is 19.9 Å². The summed E-state index contributed by atoms with van der Waals surface area (Å²) in [7, 11) is 0. The molecule has 2 rings (SSSR count). The van der Waals surface area contributed by atoms with Crippen molar-refractivity contribution >= 4 is 17.3 Å². The number of hydrogen-bond donors (Lipinski definition) is 1. The van der Waals surface area contributed by atoms with E-state index in [0.717, 1.165) is 16.2 Å². The molecule has 0 aliphatic rings. The van der Waals surface area contributed by atoms with Gasteiger partial charge in [0.15, 0.2) is 0 Å². The maximum Gasteiger partial charge on any atom is 0.345 e. The van der Waals surface area contributed by atoms with Crippen LogP contribution in [0, 0.1) is 13.8 Å². The fourth-order valence-corrected chi connectivity index (χ4v) is 2.99. The van der Waals surface area contributed by atoms with Gasteiger partial charge in [-0.25, -0.2) is 4.79 Å². The Kier molecular flexibility index (Phi) is 4.68. The smallest absolute Gasteiger partial charge is 0.345 e. The lowest BCUT2D eigenvalue weighted by atomic mass is 10.0. The average Bonchev–Trinajstić information content (AvgIpc) is 2.77. The zero-order valence-corrected chi connectivity index (χ0v) is 13.6. The van der Waals surface area contributed by atoms with Gasteiger partial charge in [-0.15, -0.1) is 11.3 Å². The third-order valence-corrected chi connectivity index (χ3v) is 4.45. The second-order valence-electron chi connectivity index (χ2n) is 5.52. The quantitative estimate of drug-likeness (QED) is 0.865. The maximum atomic E-state index is 11.0. The van der Waals surface area contributed by atoms with Crippen LogP contribution in [0.3, 0.4) is 0 Å². The Labute approximate surface area is 129 Å². The molecule has 21 heavy (non-hydrogen) atoms. The zero-order valence-electron chi connectivity index (χ0n) is 12.8. The third kappa shape index (κ3) is 3.85. The van der Waals surface area contributed by atoms with Gasteiger partial charge >= 0.3 is 5.97 Å². The number of benzene rings is 1. The van der Waals surface area contributed by atoms with Crippen molar-refractivity contribution in [2.45, 2.75) is 40.2 Å². The minimum Gasteiger partial charge on any atom is -0.489 e. The Bertz CT molecular complexity index is 656. The summed E-state index contributed by atoms with van der Waals surface area (Å²) in [6, 6.07) is 7.92. The molecule has 0 radical (unpaired) electrons. The highest BCUT2D eigenvalue weighted by Crippen LogP contribution is 2.26. The molecule has 0 aliphatic heterocycles. The minimum absolute atomic E-state index is 0.359. The number of carboxylic acid groups (broad SMARTS) is 1. The summed E-state index contributed by atoms with van der Waals surface area (Å²) >= 11 is 1.29. The minimum atomic E-state index is -0.882. The van der Waals surface area contributed by atoms with Gasteiger partial charge < -0.3 is 9.84 Å². The van der Waals surface area contributed by atoms with Crippen LogP contribution in [0.2, 0.25) is 0 Å². The number of hydrogen-bond acceptors (Lipinski definition) is 3. The van der Waals surface area contributed by atoms with Crippen molar-refractivity contribution in [3.63, 3.8) is 0 Å². The summed E-state index contributed by atoms with van der Waals surface area (Å²) in [5, 5.41) is 9.01. The van der Waals surface area contributed by atoms with Gasteiger partial charge in [0.05, 0.1) is 0 Å². The SMILES string of the molecule is Cc1cc(OCc2cc(C(=O)O)sc2C)cc(C(C)C)c1. The summed E-state index contributed by atoms with van der Waals surface area (Å²) in [6.07, 6.45) is 0. The second-order valence-corrected chi connectivity index (χ2v) is 6.78. The van der Waals surface area contributed by atoms with Gasteiger partial charge in [0, 0.05) is 10.4 Å². The predicted molar refractivity (Wildman–Crippen MR) is 85.6 cm³/mol. The first kappa shape index (κ1) is 15.6. The zero-order chi connectivity index (χ0) is 15.6. The summed E-state index contributed by atoms with van der Waals surface area (Å²) in [5.41, 5.74) is 3.35. The molecule has 1 heterocycles. The molecule has 2 aromatic rings. The molecule has 0 atom stereocenters. The van der Waals surface area contributed by atoms with Gasteiger partial charge in [-0.2, -0.15) is 0 Å². The first-order valence-corrected chi connectivity index (χ1v) is 7.75. The van der Waals surface area contributed by atoms with Gasteiger partial charge in [-0.05, 0) is 49.1 Å². The average molecular weight is 304 g/mol. The normalized spacial score (nSPS) is 10.9. The fraction of sp³-hybridized carbons (Fsp3) is 0.353. The Morgan fingerprint density at radius 2 is 1.95 bits per heavy atom. The van der Waals surface area contributed by atoms with E-state index in [-0.39, 0.29) is 0 Å². The molecule has 1 N–H and O–H groups in total. The summed E-state index contributed by atoms with van der Waals surface area (Å²) < 4.78 is 5.85. The monoisotopic (exact) mass is 304 g/mol. The Morgan fingerprint density at radius 3 is 2.52 bits per heavy atom. The highest BCUT2D eigenvalue weighted by atomic mass is 32.1. The molecule has 0 aliphatic carbocycles. The number of carbonyl (C=O) groups is 1. The van der Waals surface area contributed by atoms with Crippen LogP contribution >= 0.6 is 11.3 Å². The van der Waals surface area contributed by atoms with Crippen molar-refractivity contribution in [2.24, 2.45) is 0 Å². The maximum absolute atomic E-state index is 11.0. The van der Waals surface area contributed by atoms with Crippen LogP contribution in [0.25, 0.3) is 0 Å². The van der Waals surface area contributed by atoms with Crippen LogP contribution in [-0.4, -0.2) is 11.1 Å². The number of rotatable bonds is 5. The molecule has 1 aromatic carbocycles. The van der Waals surface area contributed by atoms with Crippen LogP contribution < -0.4 is 4.74 Å². The van der Waals surface area contributed by atoms with Gasteiger partial charge in [0.25, 0.3) is 0 Å². The van der Waals surface area contributed by atoms with Crippen molar-refractivity contribution in [2.75, 3.05) is 0 Å². The number of carboxylic acids is 1. The lowest BCUT2D eigenvalue weighted by Gasteiger charge is -2.11. The van der Waals surface area contributed by atoms with Gasteiger partial charge in [0.2, 0.25) is 0 Å². The molecule has 0 amide bonds. The van der Waals surface area contributed by atoms with Crippen molar-refractivity contribution < 1.29 is 14.6 Å². The first-order valence-electron chi connectivity index (χ1n) is 6.94. The van der Waals surface area contributed by atoms with Crippen LogP contribution in [0.4, 0.5) is 0 Å². The Morgan fingerprint density at radius 1 is 1.24 bits per heavy atom. The van der Waals surface area contributed by atoms with Gasteiger partial charge in [-0.3, -0.25) is 0 Å². The lowest BCUT2D eigenvalue weighted by molar-refractivity contribution is 0.0702. The molecule has 0 saturated carbocycles. The lowest BCUT2D eigenvalue weighted by Crippen LogP contribution is -1.98. The van der Waals surface area contributed by atoms with E-state index in [1.54, 1.807) is 6.07 Å². The molecular formula is C17H20O3S. The van der Waals surface area contributed by atoms with E-state index in [2.05, 4.69) is 32.9 Å². The van der Waals surface area contributed by atoms with E-state index in [4.69, 9.17) is 9.84 Å². The van der Waals surface area contributed by atoms with E-state index in [9.17, 15) is 4.79 Å². The van der Waals surface area contributed by atoms with Crippen molar-refractivity contribution in [3.05, 3.63) is 50.7 Å². The van der Waals surface area contributed by atoms with E-state index in [1.807, 2.05) is 13.0 Å². The molecule has 112 valence electrons. The van der Waals surface area contributed by atoms with Gasteiger partial charge in [0.1, 0.15) is 17.2 Å². The summed E-state index contributed by atoms with van der Waals surface area (Å²) in [6.45, 7) is 8.68. The van der Waals surface area contributed by atoms with E-state index >= 15 is 0 Å². The number of aryl methyl sites for hydroxylation is 2. The summed E-state index contributed by atoms with van der Waals surface area (Å²) in [4.78, 5) is 12.3. The molecule has 1 aromatic heterocycles. The molecular weight excluding hydrogens is 284 g/mol. The van der Waals surface area contributed by atoms with E-state index in [0.29, 0.717) is 17.4 Å². The largest absolute Gasteiger partial charge is 0.489 e. The second kappa shape index (κ2) is 6.31. The standard InChI is InChI=1S/C17H20O3S/c1-10(2)13-5-11(3)6-15(7-13)20-9-14-8-16(17(18)19)21-12(14)4/h5-8,10H,9H2,1-4H3,(H,18,19). The topological polar surface area (TPSA) is 46.5 Å². The number of ether oxygens (including phenoxy) is 1. The highest BCUT2D eigenvalue weighted by Gasteiger charge is 2.12. The van der Waals surface area contributed by atoms with E-state index in [1.165, 1.54) is 22.5 Å². The van der Waals surface area contributed by atoms with Crippen LogP contribution in [0.1, 0.15) is 51.0 Å². The molecule has 3 nitrogen and oxygen atoms in total. The molecule has 0 fully saturated rings. The highest BCUT2D eigenvalue weighted by molar-refractivity contribution is 7.14. The van der Waals surface area contributed by atoms with Crippen molar-refractivity contribution in [3.8, 4) is 5.75 Å². The molecule has 0 unspecified atom stereocenters. The number of thiophene rings is 1. The van der Waals surface area contributed by atoms with Crippen LogP contribution in [0.5, 0.6) is 5.75 Å². The van der Waals surface area contributed by atoms with E-state index < -0.39 is 5.97 Å². The fourth-order valence-electron chi connectivity index (χ4n) is 2.12. The van der Waals surface area contributed by atoms with Crippen LogP contribution in [-0.2, 0) is 6.61 Å². The van der Waals surface area contributed by atoms with Crippen molar-refractivity contribution in [1.29, 1.82) is 0 Å².